The summed E-state index contributed by atoms with van der Waals surface area (Å²) in [5, 5.41) is 0. The molecule has 106 valence electrons. The Kier molecular flexibility index (Phi) is 67.5. The molecular formula is C16H42. The van der Waals surface area contributed by atoms with E-state index in [0.29, 0.717) is 0 Å². The van der Waals surface area contributed by atoms with Gasteiger partial charge in [-0.15, -0.1) is 0 Å². The normalized spacial score (nSPS) is 9.19. The lowest BCUT2D eigenvalue weighted by Gasteiger charge is -2.17. The maximum absolute atomic E-state index is 2.32. The van der Waals surface area contributed by atoms with Crippen LogP contribution in [-0.2, 0) is 0 Å². The molecule has 0 bridgehead atoms. The third-order valence-electron chi connectivity index (χ3n) is 2.13. The highest BCUT2D eigenvalue weighted by Gasteiger charge is 2.08. The average molecular weight is 235 g/mol. The molecular weight excluding hydrogens is 192 g/mol. The van der Waals surface area contributed by atoms with Crippen molar-refractivity contribution in [3.8, 4) is 0 Å². The standard InChI is InChI=1S/C9H20.3C2H6.CH4/c1-5-7-9(6-2)8(3)4;3*1-2;/h8-9H,5-7H2,1-4H3;3*1-2H3;1H4. The van der Waals surface area contributed by atoms with Crippen LogP contribution in [0, 0.1) is 11.8 Å². The molecule has 0 aliphatic carbocycles. The van der Waals surface area contributed by atoms with Crippen molar-refractivity contribution in [1.82, 2.24) is 0 Å². The summed E-state index contributed by atoms with van der Waals surface area (Å²) in [5.74, 6) is 1.85. The zero-order valence-corrected chi connectivity index (χ0v) is 13.3. The summed E-state index contributed by atoms with van der Waals surface area (Å²) >= 11 is 0. The van der Waals surface area contributed by atoms with Crippen molar-refractivity contribution in [3.63, 3.8) is 0 Å². The monoisotopic (exact) mass is 234 g/mol. The maximum atomic E-state index is 2.32. The molecule has 0 heteroatoms. The minimum Gasteiger partial charge on any atom is -0.0776 e. The molecule has 0 saturated carbocycles. The molecule has 0 nitrogen and oxygen atoms in total. The van der Waals surface area contributed by atoms with Gasteiger partial charge in [0, 0.05) is 0 Å². The van der Waals surface area contributed by atoms with Gasteiger partial charge in [0.2, 0.25) is 0 Å². The first kappa shape index (κ1) is 29.8. The van der Waals surface area contributed by atoms with E-state index in [1.165, 1.54) is 19.3 Å². The van der Waals surface area contributed by atoms with Gasteiger partial charge in [-0.05, 0) is 11.8 Å². The van der Waals surface area contributed by atoms with E-state index in [9.17, 15) is 0 Å². The van der Waals surface area contributed by atoms with Crippen LogP contribution in [0.5, 0.6) is 0 Å². The number of rotatable bonds is 4. The van der Waals surface area contributed by atoms with Crippen molar-refractivity contribution in [3.05, 3.63) is 0 Å². The molecule has 0 aliphatic rings. The third-order valence-corrected chi connectivity index (χ3v) is 2.13. The first-order valence-electron chi connectivity index (χ1n) is 7.22. The van der Waals surface area contributed by atoms with Gasteiger partial charge in [-0.25, -0.2) is 0 Å². The van der Waals surface area contributed by atoms with Crippen molar-refractivity contribution >= 4 is 0 Å². The highest BCUT2D eigenvalue weighted by molar-refractivity contribution is 4.59. The Morgan fingerprint density at radius 2 is 1.06 bits per heavy atom. The summed E-state index contributed by atoms with van der Waals surface area (Å²) in [5.41, 5.74) is 0. The predicted molar refractivity (Wildman–Crippen MR) is 84.3 cm³/mol. The van der Waals surface area contributed by atoms with Crippen molar-refractivity contribution in [1.29, 1.82) is 0 Å². The fourth-order valence-corrected chi connectivity index (χ4v) is 1.38. The van der Waals surface area contributed by atoms with Gasteiger partial charge in [-0.2, -0.15) is 0 Å². The van der Waals surface area contributed by atoms with Crippen LogP contribution >= 0.6 is 0 Å². The smallest absolute Gasteiger partial charge is 0.0394 e. The molecule has 0 spiro atoms. The summed E-state index contributed by atoms with van der Waals surface area (Å²) in [7, 11) is 0. The van der Waals surface area contributed by atoms with Crippen LogP contribution in [0.2, 0.25) is 0 Å². The minimum absolute atomic E-state index is 0. The Morgan fingerprint density at radius 3 is 1.12 bits per heavy atom. The average Bonchev–Trinajstić information content (AvgIpc) is 2.33. The van der Waals surface area contributed by atoms with E-state index in [1.807, 2.05) is 41.5 Å². The molecule has 0 amide bonds. The number of hydrogen-bond acceptors (Lipinski definition) is 0. The van der Waals surface area contributed by atoms with E-state index in [1.54, 1.807) is 0 Å². The molecule has 0 aromatic rings. The zero-order chi connectivity index (χ0) is 13.3. The first-order valence-corrected chi connectivity index (χ1v) is 7.22. The van der Waals surface area contributed by atoms with Gasteiger partial charge in [0.05, 0.1) is 0 Å². The van der Waals surface area contributed by atoms with Gasteiger partial charge in [0.1, 0.15) is 0 Å². The molecule has 0 fully saturated rings. The second-order valence-corrected chi connectivity index (χ2v) is 3.20. The Labute approximate surface area is 108 Å². The van der Waals surface area contributed by atoms with E-state index >= 15 is 0 Å². The predicted octanol–water partition coefficient (Wildman–Crippen LogP) is 7.18. The molecule has 0 radical (unpaired) electrons. The lowest BCUT2D eigenvalue weighted by atomic mass is 9.89. The zero-order valence-electron chi connectivity index (χ0n) is 13.3. The van der Waals surface area contributed by atoms with Crippen molar-refractivity contribution < 1.29 is 0 Å². The van der Waals surface area contributed by atoms with Crippen LogP contribution in [0.3, 0.4) is 0 Å². The van der Waals surface area contributed by atoms with Crippen molar-refractivity contribution in [2.45, 2.75) is 95.9 Å². The third kappa shape index (κ3) is 29.2. The second-order valence-electron chi connectivity index (χ2n) is 3.20. The Bertz CT molecular complexity index is 55.1. The van der Waals surface area contributed by atoms with E-state index in [4.69, 9.17) is 0 Å². The summed E-state index contributed by atoms with van der Waals surface area (Å²) in [4.78, 5) is 0. The van der Waals surface area contributed by atoms with Crippen LogP contribution in [0.25, 0.3) is 0 Å². The van der Waals surface area contributed by atoms with Gasteiger partial charge >= 0.3 is 0 Å². The molecule has 0 saturated heterocycles. The quantitative estimate of drug-likeness (QED) is 0.483. The fraction of sp³-hybridized carbons (Fsp3) is 1.00. The molecule has 0 N–H and O–H groups in total. The second kappa shape index (κ2) is 36.3. The Morgan fingerprint density at radius 1 is 0.750 bits per heavy atom. The van der Waals surface area contributed by atoms with Gasteiger partial charge in [0.15, 0.2) is 0 Å². The molecule has 0 heterocycles. The molecule has 0 aromatic carbocycles. The summed E-state index contributed by atoms with van der Waals surface area (Å²) < 4.78 is 0. The minimum atomic E-state index is 0. The highest BCUT2D eigenvalue weighted by atomic mass is 14.1. The highest BCUT2D eigenvalue weighted by Crippen LogP contribution is 2.19. The Hall–Kier alpha value is 0. The van der Waals surface area contributed by atoms with Gasteiger partial charge in [-0.1, -0.05) is 95.9 Å². The van der Waals surface area contributed by atoms with E-state index < -0.39 is 0 Å². The molecule has 0 aromatic heterocycles. The van der Waals surface area contributed by atoms with Crippen molar-refractivity contribution in [2.24, 2.45) is 11.8 Å². The fourth-order valence-electron chi connectivity index (χ4n) is 1.38. The van der Waals surface area contributed by atoms with Crippen LogP contribution in [0.4, 0.5) is 0 Å². The summed E-state index contributed by atoms with van der Waals surface area (Å²) in [6.07, 6.45) is 4.11. The van der Waals surface area contributed by atoms with Crippen LogP contribution < -0.4 is 0 Å². The maximum Gasteiger partial charge on any atom is -0.0394 e. The van der Waals surface area contributed by atoms with E-state index in [2.05, 4.69) is 27.7 Å². The largest absolute Gasteiger partial charge is 0.0776 e. The van der Waals surface area contributed by atoms with Gasteiger partial charge in [-0.3, -0.25) is 0 Å². The molecule has 1 unspecified atom stereocenters. The van der Waals surface area contributed by atoms with Crippen molar-refractivity contribution in [2.75, 3.05) is 0 Å². The molecule has 0 aliphatic heterocycles. The topological polar surface area (TPSA) is 0 Å². The van der Waals surface area contributed by atoms with E-state index in [-0.39, 0.29) is 7.43 Å². The lowest BCUT2D eigenvalue weighted by Crippen LogP contribution is -2.06. The lowest BCUT2D eigenvalue weighted by molar-refractivity contribution is 0.346. The van der Waals surface area contributed by atoms with Crippen LogP contribution in [0.1, 0.15) is 95.9 Å². The Balaban J connectivity index is -0.0000000498. The molecule has 16 heavy (non-hydrogen) atoms. The first-order chi connectivity index (χ1) is 7.22. The molecule has 0 rings (SSSR count). The van der Waals surface area contributed by atoms with Crippen LogP contribution in [-0.4, -0.2) is 0 Å². The van der Waals surface area contributed by atoms with E-state index in [0.717, 1.165) is 11.8 Å². The SMILES string of the molecule is C.CC.CC.CC.CCCC(CC)C(C)C. The summed E-state index contributed by atoms with van der Waals surface area (Å²) in [6.45, 7) is 21.2. The number of hydrogen-bond donors (Lipinski definition) is 0. The van der Waals surface area contributed by atoms with Gasteiger partial charge in [0.25, 0.3) is 0 Å². The van der Waals surface area contributed by atoms with Gasteiger partial charge < -0.3 is 0 Å². The molecule has 1 atom stereocenters. The van der Waals surface area contributed by atoms with Crippen LogP contribution in [0.15, 0.2) is 0 Å². The summed E-state index contributed by atoms with van der Waals surface area (Å²) in [6, 6.07) is 0.